The summed E-state index contributed by atoms with van der Waals surface area (Å²) in [5.74, 6) is 0.746. The maximum Gasteiger partial charge on any atom is 0.213 e. The molecule has 1 aliphatic rings. The van der Waals surface area contributed by atoms with Gasteiger partial charge in [-0.1, -0.05) is 13.3 Å². The van der Waals surface area contributed by atoms with Crippen molar-refractivity contribution in [3.63, 3.8) is 0 Å². The largest absolute Gasteiger partial charge is 0.213 e. The highest BCUT2D eigenvalue weighted by Gasteiger charge is 2.37. The predicted octanol–water partition coefficient (Wildman–Crippen LogP) is 0.943. The van der Waals surface area contributed by atoms with Crippen LogP contribution < -0.4 is 4.72 Å². The molecule has 5 heteroatoms. The standard InChI is InChI=1S/C7H14ClNO2S/c1-2-6-5-7(6)9-12(10,11)4-3-8/h6-7,9H,2-5H2,1H3. The van der Waals surface area contributed by atoms with E-state index in [9.17, 15) is 8.42 Å². The highest BCUT2D eigenvalue weighted by molar-refractivity contribution is 7.89. The fourth-order valence-corrected chi connectivity index (χ4v) is 2.91. The second-order valence-corrected chi connectivity index (χ2v) is 5.39. The van der Waals surface area contributed by atoms with E-state index in [4.69, 9.17) is 11.6 Å². The molecule has 0 heterocycles. The Hall–Kier alpha value is 0.200. The van der Waals surface area contributed by atoms with Gasteiger partial charge in [0.1, 0.15) is 0 Å². The lowest BCUT2D eigenvalue weighted by Crippen LogP contribution is -2.29. The van der Waals surface area contributed by atoms with E-state index >= 15 is 0 Å². The first kappa shape index (κ1) is 10.3. The van der Waals surface area contributed by atoms with Crippen LogP contribution in [0.25, 0.3) is 0 Å². The average Bonchev–Trinajstić information content (AvgIpc) is 2.66. The molecule has 0 aliphatic heterocycles. The molecular weight excluding hydrogens is 198 g/mol. The van der Waals surface area contributed by atoms with Gasteiger partial charge in [0.25, 0.3) is 0 Å². The molecule has 1 rings (SSSR count). The molecule has 0 aromatic heterocycles. The minimum absolute atomic E-state index is 0.0293. The third kappa shape index (κ3) is 2.92. The van der Waals surface area contributed by atoms with Gasteiger partial charge in [0.15, 0.2) is 0 Å². The zero-order valence-electron chi connectivity index (χ0n) is 7.09. The topological polar surface area (TPSA) is 46.2 Å². The fraction of sp³-hybridized carbons (Fsp3) is 1.00. The van der Waals surface area contributed by atoms with Gasteiger partial charge in [-0.25, -0.2) is 13.1 Å². The maximum atomic E-state index is 11.1. The van der Waals surface area contributed by atoms with E-state index in [1.165, 1.54) is 0 Å². The van der Waals surface area contributed by atoms with Crippen LogP contribution in [0.3, 0.4) is 0 Å². The zero-order chi connectivity index (χ0) is 9.19. The molecule has 2 atom stereocenters. The van der Waals surface area contributed by atoms with Gasteiger partial charge < -0.3 is 0 Å². The second kappa shape index (κ2) is 3.94. The monoisotopic (exact) mass is 211 g/mol. The van der Waals surface area contributed by atoms with Gasteiger partial charge in [-0.3, -0.25) is 0 Å². The van der Waals surface area contributed by atoms with E-state index in [1.807, 2.05) is 0 Å². The van der Waals surface area contributed by atoms with E-state index in [2.05, 4.69) is 11.6 Å². The SMILES string of the molecule is CCC1CC1NS(=O)(=O)CCCl. The number of alkyl halides is 1. The van der Waals surface area contributed by atoms with Gasteiger partial charge in [0, 0.05) is 11.9 Å². The van der Waals surface area contributed by atoms with Gasteiger partial charge in [-0.2, -0.15) is 0 Å². The quantitative estimate of drug-likeness (QED) is 0.689. The third-order valence-corrected chi connectivity index (χ3v) is 3.94. The highest BCUT2D eigenvalue weighted by atomic mass is 35.5. The Morgan fingerprint density at radius 1 is 1.58 bits per heavy atom. The number of halogens is 1. The number of sulfonamides is 1. The van der Waals surface area contributed by atoms with Crippen molar-refractivity contribution in [2.24, 2.45) is 5.92 Å². The normalized spacial score (nSPS) is 28.8. The number of hydrogen-bond donors (Lipinski definition) is 1. The molecule has 12 heavy (non-hydrogen) atoms. The molecule has 2 unspecified atom stereocenters. The fourth-order valence-electron chi connectivity index (χ4n) is 1.23. The Bertz CT molecular complexity index is 240. The van der Waals surface area contributed by atoms with Crippen LogP contribution in [-0.2, 0) is 10.0 Å². The molecule has 1 saturated carbocycles. The van der Waals surface area contributed by atoms with E-state index in [1.54, 1.807) is 0 Å². The van der Waals surface area contributed by atoms with Crippen molar-refractivity contribution in [3.8, 4) is 0 Å². The average molecular weight is 212 g/mol. The summed E-state index contributed by atoms with van der Waals surface area (Å²) in [5, 5.41) is 0. The summed E-state index contributed by atoms with van der Waals surface area (Å²) in [6.07, 6.45) is 2.03. The first-order valence-electron chi connectivity index (χ1n) is 4.15. The van der Waals surface area contributed by atoms with E-state index < -0.39 is 10.0 Å². The van der Waals surface area contributed by atoms with Crippen molar-refractivity contribution in [1.82, 2.24) is 4.72 Å². The molecular formula is C7H14ClNO2S. The summed E-state index contributed by atoms with van der Waals surface area (Å²) in [6, 6.07) is 0.184. The summed E-state index contributed by atoms with van der Waals surface area (Å²) < 4.78 is 24.9. The molecule has 0 spiro atoms. The lowest BCUT2D eigenvalue weighted by molar-refractivity contribution is 0.577. The molecule has 1 fully saturated rings. The van der Waals surface area contributed by atoms with Crippen LogP contribution in [0.2, 0.25) is 0 Å². The molecule has 3 nitrogen and oxygen atoms in total. The molecule has 0 aromatic carbocycles. The minimum atomic E-state index is -3.09. The second-order valence-electron chi connectivity index (χ2n) is 3.14. The van der Waals surface area contributed by atoms with E-state index in [0.29, 0.717) is 5.92 Å². The van der Waals surface area contributed by atoms with Crippen LogP contribution >= 0.6 is 11.6 Å². The van der Waals surface area contributed by atoms with Crippen molar-refractivity contribution in [2.45, 2.75) is 25.8 Å². The van der Waals surface area contributed by atoms with Crippen LogP contribution in [0.4, 0.5) is 0 Å². The summed E-state index contributed by atoms with van der Waals surface area (Å²) in [7, 11) is -3.09. The van der Waals surface area contributed by atoms with Gasteiger partial charge >= 0.3 is 0 Å². The molecule has 72 valence electrons. The van der Waals surface area contributed by atoms with Gasteiger partial charge in [-0.15, -0.1) is 11.6 Å². The van der Waals surface area contributed by atoms with Crippen molar-refractivity contribution in [1.29, 1.82) is 0 Å². The smallest absolute Gasteiger partial charge is 0.212 e. The minimum Gasteiger partial charge on any atom is -0.212 e. The lowest BCUT2D eigenvalue weighted by atomic mass is 10.3. The van der Waals surface area contributed by atoms with Crippen LogP contribution in [0.15, 0.2) is 0 Å². The summed E-state index contributed by atoms with van der Waals surface area (Å²) in [6.45, 7) is 2.07. The van der Waals surface area contributed by atoms with Crippen molar-refractivity contribution >= 4 is 21.6 Å². The summed E-state index contributed by atoms with van der Waals surface area (Å²) in [5.41, 5.74) is 0. The molecule has 0 radical (unpaired) electrons. The van der Waals surface area contributed by atoms with E-state index in [-0.39, 0.29) is 17.7 Å². The number of nitrogens with one attached hydrogen (secondary N) is 1. The molecule has 0 saturated heterocycles. The Balaban J connectivity index is 2.32. The van der Waals surface area contributed by atoms with Crippen LogP contribution in [0.1, 0.15) is 19.8 Å². The van der Waals surface area contributed by atoms with Crippen molar-refractivity contribution in [2.75, 3.05) is 11.6 Å². The van der Waals surface area contributed by atoms with Crippen molar-refractivity contribution in [3.05, 3.63) is 0 Å². The molecule has 0 bridgehead atoms. The highest BCUT2D eigenvalue weighted by Crippen LogP contribution is 2.33. The van der Waals surface area contributed by atoms with E-state index in [0.717, 1.165) is 12.8 Å². The Labute approximate surface area is 78.5 Å². The Morgan fingerprint density at radius 3 is 2.67 bits per heavy atom. The third-order valence-electron chi connectivity index (χ3n) is 2.12. The van der Waals surface area contributed by atoms with Gasteiger partial charge in [-0.05, 0) is 12.3 Å². The summed E-state index contributed by atoms with van der Waals surface area (Å²) >= 11 is 5.34. The van der Waals surface area contributed by atoms with Gasteiger partial charge in [0.2, 0.25) is 10.0 Å². The molecule has 1 N–H and O–H groups in total. The van der Waals surface area contributed by atoms with Crippen molar-refractivity contribution < 1.29 is 8.42 Å². The first-order valence-corrected chi connectivity index (χ1v) is 6.33. The maximum absolute atomic E-state index is 11.1. The van der Waals surface area contributed by atoms with Crippen LogP contribution in [-0.4, -0.2) is 26.1 Å². The Kier molecular flexibility index (Phi) is 3.37. The zero-order valence-corrected chi connectivity index (χ0v) is 8.66. The Morgan fingerprint density at radius 2 is 2.25 bits per heavy atom. The molecule has 0 amide bonds. The van der Waals surface area contributed by atoms with Crippen LogP contribution in [0, 0.1) is 5.92 Å². The number of hydrogen-bond acceptors (Lipinski definition) is 2. The predicted molar refractivity (Wildman–Crippen MR) is 49.8 cm³/mol. The van der Waals surface area contributed by atoms with Crippen LogP contribution in [0.5, 0.6) is 0 Å². The first-order chi connectivity index (χ1) is 5.59. The summed E-state index contributed by atoms with van der Waals surface area (Å²) in [4.78, 5) is 0. The number of rotatable bonds is 5. The molecule has 0 aromatic rings. The molecule has 1 aliphatic carbocycles. The van der Waals surface area contributed by atoms with Gasteiger partial charge in [0.05, 0.1) is 5.75 Å². The lowest BCUT2D eigenvalue weighted by Gasteiger charge is -2.02.